The molecule has 0 spiro atoms. The van der Waals surface area contributed by atoms with Gasteiger partial charge in [0.2, 0.25) is 5.91 Å². The molecule has 0 saturated heterocycles. The van der Waals surface area contributed by atoms with Gasteiger partial charge in [0.25, 0.3) is 0 Å². The summed E-state index contributed by atoms with van der Waals surface area (Å²) in [5.74, 6) is 0.476. The van der Waals surface area contributed by atoms with Gasteiger partial charge >= 0.3 is 0 Å². The quantitative estimate of drug-likeness (QED) is 0.706. The van der Waals surface area contributed by atoms with E-state index in [1.54, 1.807) is 0 Å². The van der Waals surface area contributed by atoms with E-state index in [4.69, 9.17) is 5.73 Å². The summed E-state index contributed by atoms with van der Waals surface area (Å²) in [6.45, 7) is 3.07. The van der Waals surface area contributed by atoms with Gasteiger partial charge in [-0.05, 0) is 18.9 Å². The predicted octanol–water partition coefficient (Wildman–Crippen LogP) is 2.08. The maximum atomic E-state index is 10.8. The number of amides is 1. The van der Waals surface area contributed by atoms with Gasteiger partial charge in [0.05, 0.1) is 17.4 Å². The molecule has 0 saturated carbocycles. The maximum absolute atomic E-state index is 10.8. The van der Waals surface area contributed by atoms with Crippen molar-refractivity contribution >= 4 is 33.7 Å². The number of anilines is 1. The van der Waals surface area contributed by atoms with Crippen LogP contribution in [0.2, 0.25) is 0 Å². The number of nitrogen functional groups attached to an aromatic ring is 1. The van der Waals surface area contributed by atoms with E-state index in [1.165, 1.54) is 6.92 Å². The minimum atomic E-state index is 0.0120. The van der Waals surface area contributed by atoms with E-state index in [1.807, 2.05) is 30.6 Å². The van der Waals surface area contributed by atoms with Gasteiger partial charge in [-0.15, -0.1) is 0 Å². The van der Waals surface area contributed by atoms with Crippen molar-refractivity contribution in [2.45, 2.75) is 26.3 Å². The normalized spacial score (nSPS) is 11.1. The Morgan fingerprint density at radius 3 is 2.95 bits per heavy atom. The van der Waals surface area contributed by atoms with Gasteiger partial charge in [-0.2, -0.15) is 0 Å². The van der Waals surface area contributed by atoms with E-state index >= 15 is 0 Å². The number of nitrogens with zero attached hydrogens (tertiary/aromatic N) is 3. The highest BCUT2D eigenvalue weighted by Gasteiger charge is 2.11. The lowest BCUT2D eigenvalue weighted by atomic mass is 10.2. The second kappa shape index (κ2) is 6.01. The van der Waals surface area contributed by atoms with Gasteiger partial charge in [0, 0.05) is 25.4 Å². The third kappa shape index (κ3) is 2.72. The van der Waals surface area contributed by atoms with E-state index in [9.17, 15) is 4.79 Å². The summed E-state index contributed by atoms with van der Waals surface area (Å²) in [6, 6.07) is 7.95. The number of aryl methyl sites for hydroxylation is 1. The van der Waals surface area contributed by atoms with Crippen molar-refractivity contribution in [1.82, 2.24) is 19.9 Å². The first-order chi connectivity index (χ1) is 10.7. The molecular formula is C16H19N5O. The first kappa shape index (κ1) is 14.3. The first-order valence-electron chi connectivity index (χ1n) is 7.40. The number of imidazole rings is 1. The molecule has 0 aliphatic carbocycles. The van der Waals surface area contributed by atoms with Gasteiger partial charge < -0.3 is 15.6 Å². The summed E-state index contributed by atoms with van der Waals surface area (Å²) in [5.41, 5.74) is 8.67. The molecule has 3 aromatic rings. The summed E-state index contributed by atoms with van der Waals surface area (Å²) in [4.78, 5) is 19.6. The molecule has 114 valence electrons. The molecule has 0 aliphatic heterocycles. The minimum absolute atomic E-state index is 0.0120. The van der Waals surface area contributed by atoms with Crippen LogP contribution >= 0.6 is 0 Å². The molecule has 0 atom stereocenters. The number of nitrogens with two attached hydrogens (primary N) is 1. The Bertz CT molecular complexity index is 824. The number of carbonyl (C=O) groups is 1. The highest BCUT2D eigenvalue weighted by Crippen LogP contribution is 2.27. The van der Waals surface area contributed by atoms with Crippen molar-refractivity contribution in [3.63, 3.8) is 0 Å². The SMILES string of the molecule is CC(=O)NCCCCn1cnc2c(N)nc3ccccc3c21. The van der Waals surface area contributed by atoms with Crippen LogP contribution in [0.4, 0.5) is 5.82 Å². The topological polar surface area (TPSA) is 85.8 Å². The molecule has 2 heterocycles. The Labute approximate surface area is 128 Å². The molecule has 0 fully saturated rings. The Morgan fingerprint density at radius 2 is 2.14 bits per heavy atom. The number of benzene rings is 1. The number of hydrogen-bond donors (Lipinski definition) is 2. The standard InChI is InChI=1S/C16H19N5O/c1-11(22)18-8-4-5-9-21-10-19-14-15(21)12-6-2-3-7-13(12)20-16(14)17/h2-3,6-7,10H,4-5,8-9H2,1H3,(H2,17,20)(H,18,22). The van der Waals surface area contributed by atoms with E-state index in [0.717, 1.165) is 41.3 Å². The molecule has 6 nitrogen and oxygen atoms in total. The van der Waals surface area contributed by atoms with E-state index in [-0.39, 0.29) is 5.91 Å². The Morgan fingerprint density at radius 1 is 1.32 bits per heavy atom. The molecular weight excluding hydrogens is 278 g/mol. The van der Waals surface area contributed by atoms with Crippen molar-refractivity contribution in [2.75, 3.05) is 12.3 Å². The Balaban J connectivity index is 1.86. The molecule has 1 aromatic carbocycles. The third-order valence-corrected chi connectivity index (χ3v) is 3.68. The average Bonchev–Trinajstić information content (AvgIpc) is 2.92. The lowest BCUT2D eigenvalue weighted by molar-refractivity contribution is -0.118. The molecule has 22 heavy (non-hydrogen) atoms. The molecule has 0 bridgehead atoms. The van der Waals surface area contributed by atoms with Gasteiger partial charge in [0.1, 0.15) is 5.52 Å². The number of fused-ring (bicyclic) bond motifs is 3. The summed E-state index contributed by atoms with van der Waals surface area (Å²) in [7, 11) is 0. The zero-order valence-corrected chi connectivity index (χ0v) is 12.5. The second-order valence-corrected chi connectivity index (χ2v) is 5.34. The van der Waals surface area contributed by atoms with E-state index < -0.39 is 0 Å². The molecule has 6 heteroatoms. The van der Waals surface area contributed by atoms with Crippen LogP contribution in [0.5, 0.6) is 0 Å². The number of hydrogen-bond acceptors (Lipinski definition) is 4. The first-order valence-corrected chi connectivity index (χ1v) is 7.40. The van der Waals surface area contributed by atoms with Crippen LogP contribution in [0.3, 0.4) is 0 Å². The van der Waals surface area contributed by atoms with Crippen molar-refractivity contribution in [1.29, 1.82) is 0 Å². The smallest absolute Gasteiger partial charge is 0.216 e. The Hall–Kier alpha value is -2.63. The van der Waals surface area contributed by atoms with Gasteiger partial charge in [0.15, 0.2) is 5.82 Å². The van der Waals surface area contributed by atoms with Crippen LogP contribution in [-0.4, -0.2) is 27.0 Å². The number of carbonyl (C=O) groups excluding carboxylic acids is 1. The zero-order chi connectivity index (χ0) is 15.5. The number of nitrogens with one attached hydrogen (secondary N) is 1. The number of aromatic nitrogens is 3. The summed E-state index contributed by atoms with van der Waals surface area (Å²) in [5, 5.41) is 3.87. The lowest BCUT2D eigenvalue weighted by Crippen LogP contribution is -2.21. The fourth-order valence-electron chi connectivity index (χ4n) is 2.65. The fourth-order valence-corrected chi connectivity index (χ4v) is 2.65. The minimum Gasteiger partial charge on any atom is -0.382 e. The van der Waals surface area contributed by atoms with Crippen molar-refractivity contribution < 1.29 is 4.79 Å². The van der Waals surface area contributed by atoms with Gasteiger partial charge in [-0.3, -0.25) is 4.79 Å². The van der Waals surface area contributed by atoms with E-state index in [2.05, 4.69) is 19.9 Å². The highest BCUT2D eigenvalue weighted by molar-refractivity contribution is 6.06. The monoisotopic (exact) mass is 297 g/mol. The van der Waals surface area contributed by atoms with Crippen LogP contribution in [0.1, 0.15) is 19.8 Å². The van der Waals surface area contributed by atoms with Crippen LogP contribution in [0.15, 0.2) is 30.6 Å². The zero-order valence-electron chi connectivity index (χ0n) is 12.5. The van der Waals surface area contributed by atoms with Gasteiger partial charge in [-0.1, -0.05) is 18.2 Å². The summed E-state index contributed by atoms with van der Waals surface area (Å²) < 4.78 is 2.11. The molecule has 3 N–H and O–H groups in total. The van der Waals surface area contributed by atoms with Gasteiger partial charge in [-0.25, -0.2) is 9.97 Å². The largest absolute Gasteiger partial charge is 0.382 e. The van der Waals surface area contributed by atoms with Crippen LogP contribution in [0.25, 0.3) is 21.9 Å². The highest BCUT2D eigenvalue weighted by atomic mass is 16.1. The number of pyridine rings is 1. The van der Waals surface area contributed by atoms with Crippen molar-refractivity contribution in [3.8, 4) is 0 Å². The molecule has 2 aromatic heterocycles. The third-order valence-electron chi connectivity index (χ3n) is 3.68. The van der Waals surface area contributed by atoms with Crippen LogP contribution < -0.4 is 11.1 Å². The molecule has 3 rings (SSSR count). The second-order valence-electron chi connectivity index (χ2n) is 5.34. The average molecular weight is 297 g/mol. The van der Waals surface area contributed by atoms with Crippen molar-refractivity contribution in [2.24, 2.45) is 0 Å². The number of rotatable bonds is 5. The number of para-hydroxylation sites is 1. The summed E-state index contributed by atoms with van der Waals surface area (Å²) >= 11 is 0. The van der Waals surface area contributed by atoms with E-state index in [0.29, 0.717) is 12.4 Å². The molecule has 0 radical (unpaired) electrons. The molecule has 0 unspecified atom stereocenters. The summed E-state index contributed by atoms with van der Waals surface area (Å²) in [6.07, 6.45) is 3.70. The van der Waals surface area contributed by atoms with Crippen molar-refractivity contribution in [3.05, 3.63) is 30.6 Å². The molecule has 1 amide bonds. The fraction of sp³-hybridized carbons (Fsp3) is 0.312. The maximum Gasteiger partial charge on any atom is 0.216 e. The Kier molecular flexibility index (Phi) is 3.91. The number of unbranched alkanes of at least 4 members (excludes halogenated alkanes) is 1. The molecule has 0 aliphatic rings. The lowest BCUT2D eigenvalue weighted by Gasteiger charge is -2.08. The predicted molar refractivity (Wildman–Crippen MR) is 87.4 cm³/mol. The van der Waals surface area contributed by atoms with Crippen LogP contribution in [-0.2, 0) is 11.3 Å². The van der Waals surface area contributed by atoms with Crippen LogP contribution in [0, 0.1) is 0 Å².